The number of rotatable bonds is 6. The summed E-state index contributed by atoms with van der Waals surface area (Å²) in [5.74, 6) is 0.0902. The third-order valence-corrected chi connectivity index (χ3v) is 6.03. The van der Waals surface area contributed by atoms with E-state index in [9.17, 15) is 9.59 Å². The highest BCUT2D eigenvalue weighted by atomic mass is 16.2. The van der Waals surface area contributed by atoms with Crippen molar-refractivity contribution in [1.29, 1.82) is 0 Å². The van der Waals surface area contributed by atoms with Gasteiger partial charge in [-0.05, 0) is 50.1 Å². The molecular formula is C24H32N4O2. The van der Waals surface area contributed by atoms with Crippen molar-refractivity contribution in [3.05, 3.63) is 59.7 Å². The third kappa shape index (κ3) is 5.26. The molecule has 6 nitrogen and oxygen atoms in total. The molecule has 6 heteroatoms. The smallest absolute Gasteiger partial charge is 0.243 e. The van der Waals surface area contributed by atoms with Crippen LogP contribution in [0.4, 0.5) is 11.4 Å². The number of para-hydroxylation sites is 1. The predicted molar refractivity (Wildman–Crippen MR) is 122 cm³/mol. The molecule has 3 rings (SSSR count). The van der Waals surface area contributed by atoms with Crippen LogP contribution in [0, 0.1) is 13.8 Å². The maximum Gasteiger partial charge on any atom is 0.243 e. The van der Waals surface area contributed by atoms with E-state index in [0.717, 1.165) is 43.1 Å². The molecule has 1 fully saturated rings. The molecule has 1 heterocycles. The Balaban J connectivity index is 1.48. The summed E-state index contributed by atoms with van der Waals surface area (Å²) >= 11 is 0. The number of carbonyl (C=O) groups excluding carboxylic acids is 2. The van der Waals surface area contributed by atoms with E-state index in [0.29, 0.717) is 6.54 Å². The fourth-order valence-electron chi connectivity index (χ4n) is 3.80. The van der Waals surface area contributed by atoms with Gasteiger partial charge in [0.25, 0.3) is 0 Å². The largest absolute Gasteiger partial charge is 0.325 e. The van der Waals surface area contributed by atoms with Gasteiger partial charge >= 0.3 is 0 Å². The zero-order valence-corrected chi connectivity index (χ0v) is 18.4. The molecule has 2 aromatic rings. The number of aryl methyl sites for hydroxylation is 1. The summed E-state index contributed by atoms with van der Waals surface area (Å²) in [6.45, 7) is 9.48. The minimum Gasteiger partial charge on any atom is -0.325 e. The number of nitrogens with one attached hydrogen (secondary N) is 1. The van der Waals surface area contributed by atoms with Gasteiger partial charge in [0.05, 0.1) is 12.6 Å². The van der Waals surface area contributed by atoms with Crippen LogP contribution < -0.4 is 10.2 Å². The van der Waals surface area contributed by atoms with Crippen molar-refractivity contribution in [2.45, 2.75) is 26.8 Å². The van der Waals surface area contributed by atoms with Gasteiger partial charge in [-0.2, -0.15) is 0 Å². The molecule has 1 aliphatic heterocycles. The van der Waals surface area contributed by atoms with E-state index in [1.807, 2.05) is 76.3 Å². The van der Waals surface area contributed by atoms with E-state index < -0.39 is 0 Å². The fourth-order valence-corrected chi connectivity index (χ4v) is 3.80. The molecule has 1 atom stereocenters. The summed E-state index contributed by atoms with van der Waals surface area (Å²) in [5, 5.41) is 3.03. The van der Waals surface area contributed by atoms with E-state index in [-0.39, 0.29) is 17.9 Å². The first-order valence-electron chi connectivity index (χ1n) is 10.5. The van der Waals surface area contributed by atoms with Crippen LogP contribution in [0.5, 0.6) is 0 Å². The predicted octanol–water partition coefficient (Wildman–Crippen LogP) is 2.91. The average Bonchev–Trinajstić information content (AvgIpc) is 2.76. The Bertz CT molecular complexity index is 876. The second-order valence-corrected chi connectivity index (χ2v) is 8.02. The lowest BCUT2D eigenvalue weighted by Gasteiger charge is -2.38. The minimum absolute atomic E-state index is 0.00471. The number of anilines is 2. The third-order valence-electron chi connectivity index (χ3n) is 6.03. The van der Waals surface area contributed by atoms with Crippen molar-refractivity contribution in [3.8, 4) is 0 Å². The molecule has 2 amide bonds. The van der Waals surface area contributed by atoms with Crippen LogP contribution in [0.25, 0.3) is 0 Å². The lowest BCUT2D eigenvalue weighted by molar-refractivity contribution is -0.124. The van der Waals surface area contributed by atoms with Gasteiger partial charge < -0.3 is 10.2 Å². The van der Waals surface area contributed by atoms with E-state index >= 15 is 0 Å². The van der Waals surface area contributed by atoms with Crippen LogP contribution in [-0.2, 0) is 9.59 Å². The molecule has 2 aromatic carbocycles. The highest BCUT2D eigenvalue weighted by molar-refractivity contribution is 5.96. The molecule has 0 bridgehead atoms. The standard InChI is InChI=1S/C24H32N4O2/c1-18-9-8-12-22(19(18)2)25-23(29)17-27-13-15-28(16-14-27)20(3)24(30)26(4)21-10-6-5-7-11-21/h5-12,20H,13-17H2,1-4H3,(H,25,29)/t20-/m1/s1. The number of hydrogen-bond acceptors (Lipinski definition) is 4. The molecule has 1 N–H and O–H groups in total. The Morgan fingerprint density at radius 1 is 1.00 bits per heavy atom. The van der Waals surface area contributed by atoms with Gasteiger partial charge in [0.2, 0.25) is 11.8 Å². The Hall–Kier alpha value is -2.70. The molecule has 0 radical (unpaired) electrons. The molecule has 1 saturated heterocycles. The highest BCUT2D eigenvalue weighted by Gasteiger charge is 2.28. The second-order valence-electron chi connectivity index (χ2n) is 8.02. The van der Waals surface area contributed by atoms with E-state index in [1.54, 1.807) is 4.90 Å². The number of amides is 2. The number of nitrogens with zero attached hydrogens (tertiary/aromatic N) is 3. The number of likely N-dealkylation sites (N-methyl/N-ethyl adjacent to an activating group) is 1. The first kappa shape index (κ1) is 22.0. The first-order chi connectivity index (χ1) is 14.4. The monoisotopic (exact) mass is 408 g/mol. The highest BCUT2D eigenvalue weighted by Crippen LogP contribution is 2.18. The Morgan fingerprint density at radius 3 is 2.33 bits per heavy atom. The summed E-state index contributed by atoms with van der Waals surface area (Å²) in [7, 11) is 1.82. The molecule has 1 aliphatic rings. The molecular weight excluding hydrogens is 376 g/mol. The van der Waals surface area contributed by atoms with Crippen molar-refractivity contribution >= 4 is 23.2 Å². The zero-order chi connectivity index (χ0) is 21.7. The fraction of sp³-hybridized carbons (Fsp3) is 0.417. The molecule has 160 valence electrons. The van der Waals surface area contributed by atoms with Gasteiger partial charge in [0, 0.05) is 44.6 Å². The maximum absolute atomic E-state index is 12.9. The molecule has 30 heavy (non-hydrogen) atoms. The molecule has 0 spiro atoms. The Morgan fingerprint density at radius 2 is 1.67 bits per heavy atom. The van der Waals surface area contributed by atoms with Crippen molar-refractivity contribution in [1.82, 2.24) is 9.80 Å². The zero-order valence-electron chi connectivity index (χ0n) is 18.4. The van der Waals surface area contributed by atoms with Crippen LogP contribution in [-0.4, -0.2) is 67.4 Å². The van der Waals surface area contributed by atoms with Gasteiger partial charge in [0.15, 0.2) is 0 Å². The van der Waals surface area contributed by atoms with Gasteiger partial charge in [-0.1, -0.05) is 30.3 Å². The molecule has 0 aliphatic carbocycles. The first-order valence-corrected chi connectivity index (χ1v) is 10.5. The number of piperazine rings is 1. The van der Waals surface area contributed by atoms with Crippen molar-refractivity contribution in [3.63, 3.8) is 0 Å². The van der Waals surface area contributed by atoms with Crippen LogP contribution in [0.1, 0.15) is 18.1 Å². The van der Waals surface area contributed by atoms with Crippen LogP contribution in [0.15, 0.2) is 48.5 Å². The quantitative estimate of drug-likeness (QED) is 0.799. The average molecular weight is 409 g/mol. The number of carbonyl (C=O) groups is 2. The summed E-state index contributed by atoms with van der Waals surface area (Å²) in [5.41, 5.74) is 4.05. The maximum atomic E-state index is 12.9. The number of hydrogen-bond donors (Lipinski definition) is 1. The Labute approximate surface area is 179 Å². The second kappa shape index (κ2) is 9.87. The summed E-state index contributed by atoms with van der Waals surface area (Å²) in [4.78, 5) is 31.4. The van der Waals surface area contributed by atoms with Crippen molar-refractivity contribution in [2.75, 3.05) is 50.0 Å². The Kier molecular flexibility index (Phi) is 7.24. The van der Waals surface area contributed by atoms with Crippen LogP contribution >= 0.6 is 0 Å². The van der Waals surface area contributed by atoms with E-state index in [1.165, 1.54) is 5.56 Å². The normalized spacial score (nSPS) is 16.1. The summed E-state index contributed by atoms with van der Waals surface area (Å²) < 4.78 is 0. The van der Waals surface area contributed by atoms with E-state index in [2.05, 4.69) is 15.1 Å². The van der Waals surface area contributed by atoms with Gasteiger partial charge in [-0.15, -0.1) is 0 Å². The summed E-state index contributed by atoms with van der Waals surface area (Å²) in [6.07, 6.45) is 0. The molecule has 0 unspecified atom stereocenters. The lowest BCUT2D eigenvalue weighted by Crippen LogP contribution is -2.55. The van der Waals surface area contributed by atoms with Crippen molar-refractivity contribution < 1.29 is 9.59 Å². The van der Waals surface area contributed by atoms with E-state index in [4.69, 9.17) is 0 Å². The van der Waals surface area contributed by atoms with Gasteiger partial charge in [-0.3, -0.25) is 19.4 Å². The summed E-state index contributed by atoms with van der Waals surface area (Å²) in [6, 6.07) is 15.5. The number of benzene rings is 2. The van der Waals surface area contributed by atoms with Crippen LogP contribution in [0.2, 0.25) is 0 Å². The molecule has 0 aromatic heterocycles. The van der Waals surface area contributed by atoms with Gasteiger partial charge in [-0.25, -0.2) is 0 Å². The van der Waals surface area contributed by atoms with Crippen molar-refractivity contribution in [2.24, 2.45) is 0 Å². The minimum atomic E-state index is -0.193. The van der Waals surface area contributed by atoms with Gasteiger partial charge in [0.1, 0.15) is 0 Å². The van der Waals surface area contributed by atoms with Crippen LogP contribution in [0.3, 0.4) is 0 Å². The lowest BCUT2D eigenvalue weighted by atomic mass is 10.1. The SMILES string of the molecule is Cc1cccc(NC(=O)CN2CCN([C@H](C)C(=O)N(C)c3ccccc3)CC2)c1C. The topological polar surface area (TPSA) is 55.9 Å². The molecule has 0 saturated carbocycles.